The van der Waals surface area contributed by atoms with Gasteiger partial charge in [-0.2, -0.15) is 0 Å². The van der Waals surface area contributed by atoms with E-state index in [9.17, 15) is 4.79 Å². The van der Waals surface area contributed by atoms with Crippen molar-refractivity contribution in [2.24, 2.45) is 11.7 Å². The van der Waals surface area contributed by atoms with Gasteiger partial charge in [0, 0.05) is 12.0 Å². The summed E-state index contributed by atoms with van der Waals surface area (Å²) in [5.41, 5.74) is 5.45. The van der Waals surface area contributed by atoms with Crippen LogP contribution in [0, 0.1) is 5.92 Å². The summed E-state index contributed by atoms with van der Waals surface area (Å²) < 4.78 is 0. The highest BCUT2D eigenvalue weighted by molar-refractivity contribution is 5.76. The average Bonchev–Trinajstić information content (AvgIpc) is 2.13. The van der Waals surface area contributed by atoms with Gasteiger partial charge in [0.2, 0.25) is 5.91 Å². The van der Waals surface area contributed by atoms with Crippen molar-refractivity contribution in [2.75, 3.05) is 6.54 Å². The molecule has 0 saturated carbocycles. The first-order valence-corrected chi connectivity index (χ1v) is 5.46. The van der Waals surface area contributed by atoms with Crippen LogP contribution in [0.2, 0.25) is 0 Å². The van der Waals surface area contributed by atoms with E-state index in [1.165, 1.54) is 0 Å². The van der Waals surface area contributed by atoms with Gasteiger partial charge >= 0.3 is 0 Å². The molecule has 84 valence electrons. The summed E-state index contributed by atoms with van der Waals surface area (Å²) in [6.45, 7) is 8.80. The molecule has 1 amide bonds. The van der Waals surface area contributed by atoms with Crippen LogP contribution >= 0.6 is 0 Å². The predicted molar refractivity (Wildman–Crippen MR) is 60.0 cm³/mol. The molecule has 0 saturated heterocycles. The third-order valence-electron chi connectivity index (χ3n) is 2.75. The van der Waals surface area contributed by atoms with E-state index in [2.05, 4.69) is 19.2 Å². The highest BCUT2D eigenvalue weighted by Gasteiger charge is 2.19. The minimum atomic E-state index is -0.0933. The normalized spacial score (nSPS) is 13.8. The Labute approximate surface area is 87.4 Å². The molecule has 3 nitrogen and oxygen atoms in total. The maximum atomic E-state index is 11.6. The van der Waals surface area contributed by atoms with E-state index in [0.717, 1.165) is 12.8 Å². The Morgan fingerprint density at radius 3 is 2.36 bits per heavy atom. The number of amides is 1. The number of carbonyl (C=O) groups excluding carboxylic acids is 1. The zero-order chi connectivity index (χ0) is 11.2. The first-order valence-electron chi connectivity index (χ1n) is 5.46. The Bertz CT molecular complexity index is 174. The molecule has 14 heavy (non-hydrogen) atoms. The smallest absolute Gasteiger partial charge is 0.220 e. The molecule has 0 radical (unpaired) electrons. The van der Waals surface area contributed by atoms with Gasteiger partial charge in [0.05, 0.1) is 0 Å². The molecule has 3 N–H and O–H groups in total. The van der Waals surface area contributed by atoms with Crippen molar-refractivity contribution in [1.29, 1.82) is 0 Å². The molecular weight excluding hydrogens is 176 g/mol. The van der Waals surface area contributed by atoms with Crippen LogP contribution in [0.3, 0.4) is 0 Å². The quantitative estimate of drug-likeness (QED) is 0.685. The first kappa shape index (κ1) is 13.4. The van der Waals surface area contributed by atoms with Crippen LogP contribution < -0.4 is 11.1 Å². The number of carbonyl (C=O) groups is 1. The predicted octanol–water partition coefficient (Wildman–Crippen LogP) is 1.67. The first-order chi connectivity index (χ1) is 6.45. The lowest BCUT2D eigenvalue weighted by atomic mass is 9.99. The summed E-state index contributed by atoms with van der Waals surface area (Å²) in [4.78, 5) is 11.6. The molecule has 0 aromatic rings. The Balaban J connectivity index is 3.97. The van der Waals surface area contributed by atoms with Crippen LogP contribution in [-0.2, 0) is 4.79 Å². The molecule has 1 atom stereocenters. The topological polar surface area (TPSA) is 55.1 Å². The van der Waals surface area contributed by atoms with E-state index >= 15 is 0 Å². The largest absolute Gasteiger partial charge is 0.351 e. The third kappa shape index (κ3) is 5.22. The zero-order valence-electron chi connectivity index (χ0n) is 9.89. The zero-order valence-corrected chi connectivity index (χ0v) is 9.89. The molecule has 0 aliphatic carbocycles. The van der Waals surface area contributed by atoms with Crippen LogP contribution in [0.25, 0.3) is 0 Å². The maximum absolute atomic E-state index is 11.6. The molecule has 0 aromatic heterocycles. The third-order valence-corrected chi connectivity index (χ3v) is 2.75. The van der Waals surface area contributed by atoms with E-state index in [-0.39, 0.29) is 11.4 Å². The summed E-state index contributed by atoms with van der Waals surface area (Å²) in [6.07, 6.45) is 2.46. The van der Waals surface area contributed by atoms with Crippen molar-refractivity contribution in [3.63, 3.8) is 0 Å². The van der Waals surface area contributed by atoms with Crippen molar-refractivity contribution < 1.29 is 4.79 Å². The molecule has 0 aliphatic rings. The summed E-state index contributed by atoms with van der Waals surface area (Å²) in [6, 6.07) is 0. The Hall–Kier alpha value is -0.570. The SMILES string of the molecule is CCC(CN)CC(=O)NC(C)(C)CC. The standard InChI is InChI=1S/C11H24N2O/c1-5-9(8-12)7-10(14)13-11(3,4)6-2/h9H,5-8,12H2,1-4H3,(H,13,14). The highest BCUT2D eigenvalue weighted by Crippen LogP contribution is 2.10. The Kier molecular flexibility index (Phi) is 5.77. The van der Waals surface area contributed by atoms with Crippen LogP contribution in [0.15, 0.2) is 0 Å². The van der Waals surface area contributed by atoms with Crippen molar-refractivity contribution in [1.82, 2.24) is 5.32 Å². The Morgan fingerprint density at radius 1 is 1.43 bits per heavy atom. The van der Waals surface area contributed by atoms with Crippen molar-refractivity contribution in [3.8, 4) is 0 Å². The minimum Gasteiger partial charge on any atom is -0.351 e. The van der Waals surface area contributed by atoms with Crippen molar-refractivity contribution in [2.45, 2.75) is 52.5 Å². The van der Waals surface area contributed by atoms with Crippen LogP contribution in [-0.4, -0.2) is 18.0 Å². The van der Waals surface area contributed by atoms with E-state index in [1.54, 1.807) is 0 Å². The fraction of sp³-hybridized carbons (Fsp3) is 0.909. The van der Waals surface area contributed by atoms with Gasteiger partial charge in [0.25, 0.3) is 0 Å². The molecule has 1 unspecified atom stereocenters. The molecule has 0 spiro atoms. The second-order valence-electron chi connectivity index (χ2n) is 4.50. The fourth-order valence-corrected chi connectivity index (χ4v) is 1.17. The van der Waals surface area contributed by atoms with Gasteiger partial charge in [0.15, 0.2) is 0 Å². The number of hydrogen-bond donors (Lipinski definition) is 2. The number of nitrogens with one attached hydrogen (secondary N) is 1. The number of nitrogens with two attached hydrogens (primary N) is 1. The van der Waals surface area contributed by atoms with E-state index < -0.39 is 0 Å². The maximum Gasteiger partial charge on any atom is 0.220 e. The minimum absolute atomic E-state index is 0.0933. The molecule has 0 aliphatic heterocycles. The number of rotatable bonds is 6. The van der Waals surface area contributed by atoms with Gasteiger partial charge in [0.1, 0.15) is 0 Å². The second-order valence-corrected chi connectivity index (χ2v) is 4.50. The van der Waals surface area contributed by atoms with Gasteiger partial charge in [-0.1, -0.05) is 20.3 Å². The fourth-order valence-electron chi connectivity index (χ4n) is 1.17. The lowest BCUT2D eigenvalue weighted by molar-refractivity contribution is -0.123. The molecule has 3 heteroatoms. The van der Waals surface area contributed by atoms with Crippen molar-refractivity contribution in [3.05, 3.63) is 0 Å². The van der Waals surface area contributed by atoms with Gasteiger partial charge < -0.3 is 11.1 Å². The van der Waals surface area contributed by atoms with E-state index in [1.807, 2.05) is 13.8 Å². The second kappa shape index (κ2) is 6.02. The lowest BCUT2D eigenvalue weighted by Gasteiger charge is -2.25. The van der Waals surface area contributed by atoms with Gasteiger partial charge in [-0.3, -0.25) is 4.79 Å². The summed E-state index contributed by atoms with van der Waals surface area (Å²) in [5, 5.41) is 3.01. The summed E-state index contributed by atoms with van der Waals surface area (Å²) in [5.74, 6) is 0.441. The molecular formula is C11H24N2O. The highest BCUT2D eigenvalue weighted by atomic mass is 16.1. The van der Waals surface area contributed by atoms with Gasteiger partial charge in [-0.05, 0) is 32.7 Å². The van der Waals surface area contributed by atoms with Crippen LogP contribution in [0.5, 0.6) is 0 Å². The Morgan fingerprint density at radius 2 is 2.00 bits per heavy atom. The van der Waals surface area contributed by atoms with Gasteiger partial charge in [-0.25, -0.2) is 0 Å². The molecule has 0 heterocycles. The molecule has 0 aromatic carbocycles. The van der Waals surface area contributed by atoms with Crippen LogP contribution in [0.4, 0.5) is 0 Å². The summed E-state index contributed by atoms with van der Waals surface area (Å²) in [7, 11) is 0. The molecule has 0 rings (SSSR count). The molecule has 0 bridgehead atoms. The van der Waals surface area contributed by atoms with Gasteiger partial charge in [-0.15, -0.1) is 0 Å². The summed E-state index contributed by atoms with van der Waals surface area (Å²) >= 11 is 0. The van der Waals surface area contributed by atoms with Crippen LogP contribution in [0.1, 0.15) is 47.0 Å². The molecule has 0 fully saturated rings. The van der Waals surface area contributed by atoms with Crippen molar-refractivity contribution >= 4 is 5.91 Å². The lowest BCUT2D eigenvalue weighted by Crippen LogP contribution is -2.43. The van der Waals surface area contributed by atoms with E-state index in [0.29, 0.717) is 18.9 Å². The number of hydrogen-bond acceptors (Lipinski definition) is 2. The monoisotopic (exact) mass is 200 g/mol. The van der Waals surface area contributed by atoms with E-state index in [4.69, 9.17) is 5.73 Å². The average molecular weight is 200 g/mol.